The van der Waals surface area contributed by atoms with Crippen LogP contribution in [0.4, 0.5) is 16.2 Å². The first-order valence-corrected chi connectivity index (χ1v) is 8.49. The molecule has 5 nitrogen and oxygen atoms in total. The van der Waals surface area contributed by atoms with E-state index in [-0.39, 0.29) is 5.91 Å². The van der Waals surface area contributed by atoms with E-state index in [4.69, 9.17) is 4.74 Å². The molecule has 0 spiro atoms. The van der Waals surface area contributed by atoms with Gasteiger partial charge in [-0.1, -0.05) is 24.3 Å². The predicted molar refractivity (Wildman–Crippen MR) is 99.5 cm³/mol. The summed E-state index contributed by atoms with van der Waals surface area (Å²) in [5, 5.41) is 7.30. The Hall–Kier alpha value is -3.12. The van der Waals surface area contributed by atoms with Crippen molar-refractivity contribution in [3.63, 3.8) is 0 Å². The van der Waals surface area contributed by atoms with E-state index < -0.39 is 6.09 Å². The highest BCUT2D eigenvalue weighted by atomic mass is 32.1. The molecule has 3 rings (SSSR count). The van der Waals surface area contributed by atoms with Gasteiger partial charge in [-0.15, -0.1) is 11.3 Å². The molecule has 0 aliphatic carbocycles. The summed E-state index contributed by atoms with van der Waals surface area (Å²) in [7, 11) is 0. The second kappa shape index (κ2) is 7.63. The number of ether oxygens (including phenoxy) is 1. The van der Waals surface area contributed by atoms with Gasteiger partial charge in [0.2, 0.25) is 0 Å². The van der Waals surface area contributed by atoms with Crippen LogP contribution >= 0.6 is 11.3 Å². The van der Waals surface area contributed by atoms with Crippen molar-refractivity contribution < 1.29 is 14.3 Å². The number of thiophene rings is 1. The van der Waals surface area contributed by atoms with Gasteiger partial charge >= 0.3 is 6.09 Å². The third kappa shape index (κ3) is 4.45. The fourth-order valence-electron chi connectivity index (χ4n) is 2.15. The second-order valence-electron chi connectivity index (χ2n) is 5.29. The maximum absolute atomic E-state index is 12.0. The van der Waals surface area contributed by atoms with E-state index >= 15 is 0 Å². The van der Waals surface area contributed by atoms with Gasteiger partial charge in [-0.3, -0.25) is 10.1 Å². The third-order valence-electron chi connectivity index (χ3n) is 3.43. The summed E-state index contributed by atoms with van der Waals surface area (Å²) < 4.78 is 5.27. The SMILES string of the molecule is Cc1ccccc1OC(=O)Nc1ccc(NC(=O)c2cccs2)cc1. The van der Waals surface area contributed by atoms with E-state index in [0.717, 1.165) is 5.56 Å². The Morgan fingerprint density at radius 1 is 0.880 bits per heavy atom. The quantitative estimate of drug-likeness (QED) is 0.700. The molecule has 0 saturated carbocycles. The third-order valence-corrected chi connectivity index (χ3v) is 4.30. The molecule has 0 aliphatic rings. The van der Waals surface area contributed by atoms with E-state index in [1.54, 1.807) is 42.5 Å². The molecule has 2 N–H and O–H groups in total. The first kappa shape index (κ1) is 16.7. The van der Waals surface area contributed by atoms with Crippen LogP contribution in [-0.2, 0) is 0 Å². The van der Waals surface area contributed by atoms with E-state index in [1.807, 2.05) is 30.5 Å². The number of anilines is 2. The Balaban J connectivity index is 1.58. The van der Waals surface area contributed by atoms with Crippen molar-refractivity contribution in [1.29, 1.82) is 0 Å². The molecule has 0 unspecified atom stereocenters. The van der Waals surface area contributed by atoms with E-state index in [9.17, 15) is 9.59 Å². The maximum Gasteiger partial charge on any atom is 0.417 e. The van der Waals surface area contributed by atoms with Crippen LogP contribution in [0.25, 0.3) is 0 Å². The number of carbonyl (C=O) groups excluding carboxylic acids is 2. The molecule has 3 aromatic rings. The van der Waals surface area contributed by atoms with Crippen molar-refractivity contribution in [3.05, 3.63) is 76.5 Å². The van der Waals surface area contributed by atoms with Crippen LogP contribution in [-0.4, -0.2) is 12.0 Å². The predicted octanol–water partition coefficient (Wildman–Crippen LogP) is 4.92. The van der Waals surface area contributed by atoms with Gasteiger partial charge in [-0.25, -0.2) is 4.79 Å². The molecule has 2 amide bonds. The van der Waals surface area contributed by atoms with Crippen LogP contribution in [0.3, 0.4) is 0 Å². The molecule has 1 heterocycles. The van der Waals surface area contributed by atoms with Crippen LogP contribution in [0.15, 0.2) is 66.0 Å². The van der Waals surface area contributed by atoms with Gasteiger partial charge in [-0.05, 0) is 54.3 Å². The van der Waals surface area contributed by atoms with Crippen molar-refractivity contribution in [1.82, 2.24) is 0 Å². The van der Waals surface area contributed by atoms with Gasteiger partial charge in [0.25, 0.3) is 5.91 Å². The van der Waals surface area contributed by atoms with Gasteiger partial charge in [0, 0.05) is 11.4 Å². The minimum Gasteiger partial charge on any atom is -0.410 e. The number of carbonyl (C=O) groups is 2. The number of aryl methyl sites for hydroxylation is 1. The Morgan fingerprint density at radius 2 is 1.56 bits per heavy atom. The van der Waals surface area contributed by atoms with Crippen molar-refractivity contribution in [3.8, 4) is 5.75 Å². The summed E-state index contributed by atoms with van der Waals surface area (Å²) in [4.78, 5) is 24.6. The van der Waals surface area contributed by atoms with Crippen LogP contribution in [0, 0.1) is 6.92 Å². The molecule has 0 bridgehead atoms. The fourth-order valence-corrected chi connectivity index (χ4v) is 2.77. The molecule has 0 radical (unpaired) electrons. The minimum atomic E-state index is -0.565. The van der Waals surface area contributed by atoms with Crippen LogP contribution in [0.1, 0.15) is 15.2 Å². The van der Waals surface area contributed by atoms with Crippen LogP contribution in [0.2, 0.25) is 0 Å². The first-order chi connectivity index (χ1) is 12.1. The highest BCUT2D eigenvalue weighted by Crippen LogP contribution is 2.19. The van der Waals surface area contributed by atoms with Crippen LogP contribution < -0.4 is 15.4 Å². The Labute approximate surface area is 149 Å². The summed E-state index contributed by atoms with van der Waals surface area (Å²) >= 11 is 1.38. The number of benzene rings is 2. The zero-order chi connectivity index (χ0) is 17.6. The van der Waals surface area contributed by atoms with Crippen molar-refractivity contribution >= 4 is 34.7 Å². The smallest absolute Gasteiger partial charge is 0.410 e. The molecule has 0 atom stereocenters. The molecule has 1 aromatic heterocycles. The molecule has 126 valence electrons. The molecule has 2 aromatic carbocycles. The van der Waals surface area contributed by atoms with Gasteiger partial charge in [0.05, 0.1) is 4.88 Å². The van der Waals surface area contributed by atoms with Gasteiger partial charge < -0.3 is 10.1 Å². The van der Waals surface area contributed by atoms with Crippen LogP contribution in [0.5, 0.6) is 5.75 Å². The topological polar surface area (TPSA) is 67.4 Å². The minimum absolute atomic E-state index is 0.158. The normalized spacial score (nSPS) is 10.1. The number of hydrogen-bond acceptors (Lipinski definition) is 4. The van der Waals surface area contributed by atoms with Crippen molar-refractivity contribution in [2.45, 2.75) is 6.92 Å². The monoisotopic (exact) mass is 352 g/mol. The maximum atomic E-state index is 12.0. The number of rotatable bonds is 4. The Morgan fingerprint density at radius 3 is 2.20 bits per heavy atom. The lowest BCUT2D eigenvalue weighted by Gasteiger charge is -2.09. The van der Waals surface area contributed by atoms with E-state index in [2.05, 4.69) is 10.6 Å². The molecule has 6 heteroatoms. The highest BCUT2D eigenvalue weighted by molar-refractivity contribution is 7.12. The van der Waals surface area contributed by atoms with E-state index in [0.29, 0.717) is 22.0 Å². The average molecular weight is 352 g/mol. The van der Waals surface area contributed by atoms with Gasteiger partial charge in [0.15, 0.2) is 0 Å². The Bertz CT molecular complexity index is 874. The number of para-hydroxylation sites is 1. The lowest BCUT2D eigenvalue weighted by atomic mass is 10.2. The molecule has 0 fully saturated rings. The zero-order valence-corrected chi connectivity index (χ0v) is 14.3. The molecular formula is C19H16N2O3S. The highest BCUT2D eigenvalue weighted by Gasteiger charge is 2.09. The fraction of sp³-hybridized carbons (Fsp3) is 0.0526. The lowest BCUT2D eigenvalue weighted by molar-refractivity contribution is 0.103. The van der Waals surface area contributed by atoms with E-state index in [1.165, 1.54) is 11.3 Å². The van der Waals surface area contributed by atoms with Gasteiger partial charge in [0.1, 0.15) is 5.75 Å². The summed E-state index contributed by atoms with van der Waals surface area (Å²) in [6, 6.07) is 17.7. The lowest BCUT2D eigenvalue weighted by Crippen LogP contribution is -2.17. The molecule has 25 heavy (non-hydrogen) atoms. The largest absolute Gasteiger partial charge is 0.417 e. The second-order valence-corrected chi connectivity index (χ2v) is 6.24. The molecular weight excluding hydrogens is 336 g/mol. The Kier molecular flexibility index (Phi) is 5.11. The summed E-state index contributed by atoms with van der Waals surface area (Å²) in [5.74, 6) is 0.356. The number of hydrogen-bond donors (Lipinski definition) is 2. The average Bonchev–Trinajstić information content (AvgIpc) is 3.13. The standard InChI is InChI=1S/C19H16N2O3S/c1-13-5-2-3-6-16(13)24-19(23)21-15-10-8-14(9-11-15)20-18(22)17-7-4-12-25-17/h2-12H,1H3,(H,20,22)(H,21,23). The van der Waals surface area contributed by atoms with Gasteiger partial charge in [-0.2, -0.15) is 0 Å². The number of amides is 2. The first-order valence-electron chi connectivity index (χ1n) is 7.61. The summed E-state index contributed by atoms with van der Waals surface area (Å²) in [6.07, 6.45) is -0.565. The van der Waals surface area contributed by atoms with Crippen molar-refractivity contribution in [2.24, 2.45) is 0 Å². The summed E-state index contributed by atoms with van der Waals surface area (Å²) in [6.45, 7) is 1.87. The summed E-state index contributed by atoms with van der Waals surface area (Å²) in [5.41, 5.74) is 2.10. The molecule has 0 saturated heterocycles. The number of nitrogens with one attached hydrogen (secondary N) is 2. The molecule has 0 aliphatic heterocycles. The van der Waals surface area contributed by atoms with Crippen molar-refractivity contribution in [2.75, 3.05) is 10.6 Å². The zero-order valence-electron chi connectivity index (χ0n) is 13.5.